The molecule has 1 aromatic carbocycles. The average molecular weight is 376 g/mol. The van der Waals surface area contributed by atoms with Crippen LogP contribution in [0.5, 0.6) is 0 Å². The molecule has 1 aromatic heterocycles. The Balaban J connectivity index is 1.45. The SMILES string of the molecule is CS(=O)(=O)Nc1ccc(CCCNC(=O)c2n[nH]c3c2CCCC3)cc1. The van der Waals surface area contributed by atoms with Gasteiger partial charge in [0, 0.05) is 23.5 Å². The average Bonchev–Trinajstić information content (AvgIpc) is 3.03. The lowest BCUT2D eigenvalue weighted by atomic mass is 9.96. The zero-order chi connectivity index (χ0) is 18.6. The molecule has 3 N–H and O–H groups in total. The van der Waals surface area contributed by atoms with Crippen LogP contribution in [0.1, 0.15) is 46.6 Å². The molecule has 7 nitrogen and oxygen atoms in total. The van der Waals surface area contributed by atoms with Gasteiger partial charge in [-0.15, -0.1) is 0 Å². The van der Waals surface area contributed by atoms with Gasteiger partial charge in [0.15, 0.2) is 5.69 Å². The topological polar surface area (TPSA) is 104 Å². The first kappa shape index (κ1) is 18.4. The molecule has 1 aliphatic carbocycles. The summed E-state index contributed by atoms with van der Waals surface area (Å²) in [5, 5.41) is 10.1. The smallest absolute Gasteiger partial charge is 0.272 e. The van der Waals surface area contributed by atoms with Crippen LogP contribution in [0.4, 0.5) is 5.69 Å². The quantitative estimate of drug-likeness (QED) is 0.643. The number of aryl methyl sites for hydroxylation is 2. The van der Waals surface area contributed by atoms with Crippen molar-refractivity contribution in [1.82, 2.24) is 15.5 Å². The van der Waals surface area contributed by atoms with Crippen molar-refractivity contribution < 1.29 is 13.2 Å². The molecule has 0 radical (unpaired) electrons. The van der Waals surface area contributed by atoms with Gasteiger partial charge in [-0.25, -0.2) is 8.42 Å². The zero-order valence-electron chi connectivity index (χ0n) is 14.8. The standard InChI is InChI=1S/C18H24N4O3S/c1-26(24,25)22-14-10-8-13(9-11-14)5-4-12-19-18(23)17-15-6-2-3-7-16(15)20-21-17/h8-11,22H,2-7,12H2,1H3,(H,19,23)(H,20,21). The predicted molar refractivity (Wildman–Crippen MR) is 101 cm³/mol. The number of rotatable bonds is 7. The van der Waals surface area contributed by atoms with Crippen molar-refractivity contribution in [3.8, 4) is 0 Å². The van der Waals surface area contributed by atoms with Crippen LogP contribution in [0.15, 0.2) is 24.3 Å². The first-order valence-electron chi connectivity index (χ1n) is 8.83. The van der Waals surface area contributed by atoms with Gasteiger partial charge in [0.1, 0.15) is 0 Å². The number of anilines is 1. The third-order valence-electron chi connectivity index (χ3n) is 4.46. The number of carbonyl (C=O) groups excluding carboxylic acids is 1. The minimum absolute atomic E-state index is 0.114. The van der Waals surface area contributed by atoms with Crippen molar-refractivity contribution in [2.24, 2.45) is 0 Å². The maximum atomic E-state index is 12.3. The molecule has 1 amide bonds. The third-order valence-corrected chi connectivity index (χ3v) is 5.06. The van der Waals surface area contributed by atoms with Gasteiger partial charge in [0.25, 0.3) is 5.91 Å². The second-order valence-electron chi connectivity index (χ2n) is 6.67. The van der Waals surface area contributed by atoms with E-state index < -0.39 is 10.0 Å². The fourth-order valence-corrected chi connectivity index (χ4v) is 3.76. The van der Waals surface area contributed by atoms with Crippen LogP contribution >= 0.6 is 0 Å². The van der Waals surface area contributed by atoms with Gasteiger partial charge in [-0.1, -0.05) is 12.1 Å². The molecule has 1 aliphatic rings. The van der Waals surface area contributed by atoms with Crippen molar-refractivity contribution >= 4 is 21.6 Å². The first-order chi connectivity index (χ1) is 12.4. The Morgan fingerprint density at radius 1 is 1.19 bits per heavy atom. The number of amides is 1. The number of nitrogens with one attached hydrogen (secondary N) is 3. The van der Waals surface area contributed by atoms with E-state index in [4.69, 9.17) is 0 Å². The van der Waals surface area contributed by atoms with E-state index in [-0.39, 0.29) is 5.91 Å². The molecule has 26 heavy (non-hydrogen) atoms. The number of benzene rings is 1. The summed E-state index contributed by atoms with van der Waals surface area (Å²) >= 11 is 0. The van der Waals surface area contributed by atoms with Crippen LogP contribution in [-0.2, 0) is 29.3 Å². The Labute approximate surface area is 153 Å². The largest absolute Gasteiger partial charge is 0.351 e. The number of carbonyl (C=O) groups is 1. The minimum atomic E-state index is -3.25. The van der Waals surface area contributed by atoms with Crippen LogP contribution in [0, 0.1) is 0 Å². The molecular formula is C18H24N4O3S. The van der Waals surface area contributed by atoms with Crippen molar-refractivity contribution in [1.29, 1.82) is 0 Å². The molecule has 0 unspecified atom stereocenters. The first-order valence-corrected chi connectivity index (χ1v) is 10.7. The number of hydrogen-bond donors (Lipinski definition) is 3. The van der Waals surface area contributed by atoms with E-state index in [1.54, 1.807) is 12.1 Å². The van der Waals surface area contributed by atoms with Gasteiger partial charge in [0.05, 0.1) is 6.26 Å². The van der Waals surface area contributed by atoms with E-state index in [0.717, 1.165) is 61.6 Å². The lowest BCUT2D eigenvalue weighted by Gasteiger charge is -2.11. The maximum Gasteiger partial charge on any atom is 0.272 e. The molecule has 0 saturated heterocycles. The Morgan fingerprint density at radius 2 is 1.92 bits per heavy atom. The molecule has 8 heteroatoms. The van der Waals surface area contributed by atoms with Crippen LogP contribution in [0.3, 0.4) is 0 Å². The summed E-state index contributed by atoms with van der Waals surface area (Å²) in [5.41, 5.74) is 4.35. The van der Waals surface area contributed by atoms with Crippen molar-refractivity contribution in [2.75, 3.05) is 17.5 Å². The number of sulfonamides is 1. The van der Waals surface area contributed by atoms with Crippen molar-refractivity contribution in [2.45, 2.75) is 38.5 Å². The number of fused-ring (bicyclic) bond motifs is 1. The summed E-state index contributed by atoms with van der Waals surface area (Å²) in [7, 11) is -3.25. The summed E-state index contributed by atoms with van der Waals surface area (Å²) in [4.78, 5) is 12.3. The highest BCUT2D eigenvalue weighted by Gasteiger charge is 2.21. The molecule has 0 aliphatic heterocycles. The molecule has 0 fully saturated rings. The van der Waals surface area contributed by atoms with Gasteiger partial charge >= 0.3 is 0 Å². The molecule has 140 valence electrons. The van der Waals surface area contributed by atoms with Crippen LogP contribution < -0.4 is 10.0 Å². The monoisotopic (exact) mass is 376 g/mol. The molecule has 3 rings (SSSR count). The molecule has 0 bridgehead atoms. The normalized spacial score (nSPS) is 13.9. The van der Waals surface area contributed by atoms with Crippen molar-refractivity contribution in [3.05, 3.63) is 46.8 Å². The number of hydrogen-bond acceptors (Lipinski definition) is 4. The second-order valence-corrected chi connectivity index (χ2v) is 8.42. The van der Waals surface area contributed by atoms with E-state index in [2.05, 4.69) is 20.2 Å². The van der Waals surface area contributed by atoms with Gasteiger partial charge in [-0.3, -0.25) is 14.6 Å². The van der Waals surface area contributed by atoms with E-state index in [9.17, 15) is 13.2 Å². The molecule has 2 aromatic rings. The highest BCUT2D eigenvalue weighted by atomic mass is 32.2. The molecule has 0 atom stereocenters. The molecule has 0 saturated carbocycles. The number of H-pyrrole nitrogens is 1. The Morgan fingerprint density at radius 3 is 2.65 bits per heavy atom. The number of aromatic nitrogens is 2. The number of nitrogens with zero attached hydrogens (tertiary/aromatic N) is 1. The lowest BCUT2D eigenvalue weighted by molar-refractivity contribution is 0.0947. The van der Waals surface area contributed by atoms with Crippen LogP contribution in [-0.4, -0.2) is 37.3 Å². The third kappa shape index (κ3) is 4.85. The highest BCUT2D eigenvalue weighted by Crippen LogP contribution is 2.22. The lowest BCUT2D eigenvalue weighted by Crippen LogP contribution is -2.26. The summed E-state index contributed by atoms with van der Waals surface area (Å²) in [5.74, 6) is -0.114. The van der Waals surface area contributed by atoms with Gasteiger partial charge in [-0.2, -0.15) is 5.10 Å². The zero-order valence-corrected chi connectivity index (χ0v) is 15.7. The van der Waals surface area contributed by atoms with E-state index in [1.807, 2.05) is 12.1 Å². The Bertz CT molecular complexity index is 872. The van der Waals surface area contributed by atoms with Gasteiger partial charge in [-0.05, 0) is 56.2 Å². The fourth-order valence-electron chi connectivity index (χ4n) is 3.20. The van der Waals surface area contributed by atoms with Gasteiger partial charge < -0.3 is 5.32 Å². The van der Waals surface area contributed by atoms with E-state index in [1.165, 1.54) is 0 Å². The summed E-state index contributed by atoms with van der Waals surface area (Å²) < 4.78 is 24.8. The predicted octanol–water partition coefficient (Wildman–Crippen LogP) is 2.02. The Hall–Kier alpha value is -2.35. The summed E-state index contributed by atoms with van der Waals surface area (Å²) in [6.07, 6.45) is 6.88. The van der Waals surface area contributed by atoms with Gasteiger partial charge in [0.2, 0.25) is 10.0 Å². The molecule has 0 spiro atoms. The highest BCUT2D eigenvalue weighted by molar-refractivity contribution is 7.92. The van der Waals surface area contributed by atoms with Crippen LogP contribution in [0.25, 0.3) is 0 Å². The fraction of sp³-hybridized carbons (Fsp3) is 0.444. The second kappa shape index (κ2) is 7.90. The molecular weight excluding hydrogens is 352 g/mol. The van der Waals surface area contributed by atoms with E-state index in [0.29, 0.717) is 17.9 Å². The maximum absolute atomic E-state index is 12.3. The van der Waals surface area contributed by atoms with Crippen molar-refractivity contribution in [3.63, 3.8) is 0 Å². The number of aromatic amines is 1. The Kier molecular flexibility index (Phi) is 5.61. The van der Waals surface area contributed by atoms with Crippen LogP contribution in [0.2, 0.25) is 0 Å². The van der Waals surface area contributed by atoms with E-state index >= 15 is 0 Å². The summed E-state index contributed by atoms with van der Waals surface area (Å²) in [6, 6.07) is 7.26. The minimum Gasteiger partial charge on any atom is -0.351 e. The molecule has 1 heterocycles. The summed E-state index contributed by atoms with van der Waals surface area (Å²) in [6.45, 7) is 0.573.